The molecular weight excluding hydrogens is 667 g/mol. The molecule has 1 aliphatic carbocycles. The molecule has 10 aromatic rings. The van der Waals surface area contributed by atoms with Crippen LogP contribution >= 0.6 is 11.3 Å². The number of benzene rings is 6. The Balaban J connectivity index is 1.11. The van der Waals surface area contributed by atoms with E-state index in [4.69, 9.17) is 19.9 Å². The quantitative estimate of drug-likeness (QED) is 0.184. The van der Waals surface area contributed by atoms with Crippen molar-refractivity contribution in [3.63, 3.8) is 0 Å². The van der Waals surface area contributed by atoms with Crippen LogP contribution in [-0.4, -0.2) is 24.5 Å². The van der Waals surface area contributed by atoms with Gasteiger partial charge >= 0.3 is 0 Å². The van der Waals surface area contributed by atoms with Gasteiger partial charge in [-0.15, -0.1) is 11.3 Å². The highest BCUT2D eigenvalue weighted by Gasteiger charge is 2.40. The summed E-state index contributed by atoms with van der Waals surface area (Å²) < 4.78 is 3.42. The summed E-state index contributed by atoms with van der Waals surface area (Å²) in [6, 6.07) is 53.2. The molecular formula is C47H31N5S. The molecule has 0 saturated carbocycles. The lowest BCUT2D eigenvalue weighted by atomic mass is 9.80. The Morgan fingerprint density at radius 3 is 1.79 bits per heavy atom. The topological polar surface area (TPSA) is 56.5 Å². The molecule has 5 nitrogen and oxygen atoms in total. The third kappa shape index (κ3) is 4.42. The Labute approximate surface area is 309 Å². The van der Waals surface area contributed by atoms with Crippen LogP contribution in [0.3, 0.4) is 0 Å². The van der Waals surface area contributed by atoms with Gasteiger partial charge in [0.2, 0.25) is 5.95 Å². The van der Waals surface area contributed by atoms with Gasteiger partial charge in [0.25, 0.3) is 0 Å². The minimum Gasteiger partial charge on any atom is -0.278 e. The van der Waals surface area contributed by atoms with Crippen LogP contribution in [0.5, 0.6) is 0 Å². The highest BCUT2D eigenvalue weighted by atomic mass is 32.1. The van der Waals surface area contributed by atoms with Crippen LogP contribution in [0.4, 0.5) is 0 Å². The number of rotatable bonds is 4. The lowest BCUT2D eigenvalue weighted by molar-refractivity contribution is 0.660. The molecule has 1 aliphatic rings. The Morgan fingerprint density at radius 1 is 0.509 bits per heavy atom. The molecule has 0 bridgehead atoms. The first-order valence-corrected chi connectivity index (χ1v) is 18.7. The van der Waals surface area contributed by atoms with Crippen LogP contribution in [0.25, 0.3) is 93.2 Å². The van der Waals surface area contributed by atoms with E-state index < -0.39 is 0 Å². The van der Waals surface area contributed by atoms with Gasteiger partial charge in [-0.05, 0) is 40.5 Å². The summed E-state index contributed by atoms with van der Waals surface area (Å²) in [4.78, 5) is 21.9. The Morgan fingerprint density at radius 2 is 1.08 bits per heavy atom. The average Bonchev–Trinajstić information content (AvgIpc) is 3.83. The zero-order valence-electron chi connectivity index (χ0n) is 29.1. The first kappa shape index (κ1) is 30.2. The van der Waals surface area contributed by atoms with Gasteiger partial charge in [0, 0.05) is 48.4 Å². The number of aromatic nitrogens is 5. The van der Waals surface area contributed by atoms with E-state index >= 15 is 0 Å². The summed E-state index contributed by atoms with van der Waals surface area (Å²) in [6.45, 7) is 4.67. The molecule has 0 fully saturated rings. The lowest BCUT2D eigenvalue weighted by Crippen LogP contribution is -2.17. The van der Waals surface area contributed by atoms with Crippen molar-refractivity contribution in [1.29, 1.82) is 0 Å². The zero-order chi connectivity index (χ0) is 35.3. The van der Waals surface area contributed by atoms with E-state index in [0.717, 1.165) is 49.0 Å². The summed E-state index contributed by atoms with van der Waals surface area (Å²) in [7, 11) is 0. The van der Waals surface area contributed by atoms with Crippen LogP contribution in [0, 0.1) is 0 Å². The summed E-state index contributed by atoms with van der Waals surface area (Å²) >= 11 is 1.77. The number of thiophene rings is 1. The molecule has 0 unspecified atom stereocenters. The van der Waals surface area contributed by atoms with Gasteiger partial charge in [0.1, 0.15) is 4.83 Å². The maximum absolute atomic E-state index is 5.47. The summed E-state index contributed by atoms with van der Waals surface area (Å²) in [5.74, 6) is 1.84. The van der Waals surface area contributed by atoms with Crippen molar-refractivity contribution in [1.82, 2.24) is 24.5 Å². The van der Waals surface area contributed by atoms with Crippen LogP contribution in [-0.2, 0) is 5.41 Å². The van der Waals surface area contributed by atoms with Gasteiger partial charge < -0.3 is 0 Å². The van der Waals surface area contributed by atoms with E-state index in [0.29, 0.717) is 17.6 Å². The molecule has 0 atom stereocenters. The predicted octanol–water partition coefficient (Wildman–Crippen LogP) is 12.0. The number of para-hydroxylation sites is 2. The fourth-order valence-electron chi connectivity index (χ4n) is 8.45. The summed E-state index contributed by atoms with van der Waals surface area (Å²) in [5, 5.41) is 4.86. The highest BCUT2D eigenvalue weighted by molar-refractivity contribution is 7.25. The summed E-state index contributed by atoms with van der Waals surface area (Å²) in [6.07, 6.45) is 0. The van der Waals surface area contributed by atoms with Crippen LogP contribution in [0.1, 0.15) is 25.0 Å². The second-order valence-corrected chi connectivity index (χ2v) is 15.3. The molecule has 6 heteroatoms. The second kappa shape index (κ2) is 11.2. The smallest absolute Gasteiger partial charge is 0.238 e. The predicted molar refractivity (Wildman–Crippen MR) is 219 cm³/mol. The molecule has 0 N–H and O–H groups in total. The van der Waals surface area contributed by atoms with Crippen molar-refractivity contribution in [2.24, 2.45) is 0 Å². The van der Waals surface area contributed by atoms with E-state index in [1.165, 1.54) is 37.7 Å². The number of pyridine rings is 1. The summed E-state index contributed by atoms with van der Waals surface area (Å²) in [5.41, 5.74) is 11.1. The van der Waals surface area contributed by atoms with Gasteiger partial charge in [-0.3, -0.25) is 4.57 Å². The largest absolute Gasteiger partial charge is 0.278 e. The van der Waals surface area contributed by atoms with Crippen molar-refractivity contribution in [3.05, 3.63) is 163 Å². The molecule has 0 spiro atoms. The number of fused-ring (bicyclic) bond motifs is 10. The fourth-order valence-corrected chi connectivity index (χ4v) is 9.53. The molecule has 0 radical (unpaired) electrons. The zero-order valence-corrected chi connectivity index (χ0v) is 29.9. The maximum Gasteiger partial charge on any atom is 0.238 e. The van der Waals surface area contributed by atoms with Gasteiger partial charge in [0.05, 0.1) is 16.7 Å². The molecule has 11 rings (SSSR count). The third-order valence-corrected chi connectivity index (χ3v) is 11.9. The molecule has 4 aromatic heterocycles. The van der Waals surface area contributed by atoms with Crippen molar-refractivity contribution in [2.75, 3.05) is 0 Å². The van der Waals surface area contributed by atoms with E-state index in [1.807, 2.05) is 30.3 Å². The molecule has 0 aliphatic heterocycles. The SMILES string of the molecule is CC1(C)c2ccccc2-c2c1c(-c1ccc(-c3nc(-c4ccccc4)nc(-n4c5ccccc5c5ccccc54)n3)cc1)nc1sc3ccccc3c21. The van der Waals surface area contributed by atoms with Crippen LogP contribution < -0.4 is 0 Å². The van der Waals surface area contributed by atoms with E-state index in [-0.39, 0.29) is 5.41 Å². The first-order chi connectivity index (χ1) is 26.0. The Bertz CT molecular complexity index is 3030. The first-order valence-electron chi connectivity index (χ1n) is 17.9. The number of hydrogen-bond donors (Lipinski definition) is 0. The molecule has 6 aromatic carbocycles. The van der Waals surface area contributed by atoms with Crippen molar-refractivity contribution in [3.8, 4) is 51.1 Å². The standard InChI is InChI=1S/C47H31N5S/c1-47(2)35-20-10-6-18-33(35)39-40-34-19-9-13-23-38(34)53-45(40)48-42(41(39)47)28-24-26-30(27-25-28)44-49-43(29-14-4-3-5-15-29)50-46(51-44)52-36-21-11-7-16-31(36)32-17-8-12-22-37(32)52/h3-27H,1-2H3. The van der Waals surface area contributed by atoms with Gasteiger partial charge in [-0.25, -0.2) is 9.97 Å². The van der Waals surface area contributed by atoms with Gasteiger partial charge in [-0.2, -0.15) is 9.97 Å². The molecule has 0 saturated heterocycles. The van der Waals surface area contributed by atoms with Gasteiger partial charge in [-0.1, -0.05) is 147 Å². The number of nitrogens with zero attached hydrogens (tertiary/aromatic N) is 5. The van der Waals surface area contributed by atoms with Crippen LogP contribution in [0.2, 0.25) is 0 Å². The van der Waals surface area contributed by atoms with E-state index in [9.17, 15) is 0 Å². The van der Waals surface area contributed by atoms with Gasteiger partial charge in [0.15, 0.2) is 11.6 Å². The third-order valence-electron chi connectivity index (χ3n) is 10.9. The minimum atomic E-state index is -0.222. The van der Waals surface area contributed by atoms with Crippen molar-refractivity contribution >= 4 is 53.4 Å². The average molecular weight is 698 g/mol. The van der Waals surface area contributed by atoms with Crippen molar-refractivity contribution < 1.29 is 0 Å². The lowest BCUT2D eigenvalue weighted by Gasteiger charge is -2.24. The normalized spacial score (nSPS) is 13.2. The monoisotopic (exact) mass is 697 g/mol. The molecule has 53 heavy (non-hydrogen) atoms. The molecule has 4 heterocycles. The second-order valence-electron chi connectivity index (χ2n) is 14.3. The minimum absolute atomic E-state index is 0.222. The fraction of sp³-hybridized carbons (Fsp3) is 0.0638. The van der Waals surface area contributed by atoms with Crippen molar-refractivity contribution in [2.45, 2.75) is 19.3 Å². The molecule has 250 valence electrons. The Kier molecular flexibility index (Phi) is 6.40. The highest BCUT2D eigenvalue weighted by Crippen LogP contribution is 2.56. The molecule has 0 amide bonds. The number of hydrogen-bond acceptors (Lipinski definition) is 5. The van der Waals surface area contributed by atoms with E-state index in [1.54, 1.807) is 11.3 Å². The van der Waals surface area contributed by atoms with Crippen LogP contribution in [0.15, 0.2) is 152 Å². The Hall–Kier alpha value is -6.50. The maximum atomic E-state index is 5.47. The van der Waals surface area contributed by atoms with E-state index in [2.05, 4.69) is 140 Å².